The second-order valence-electron chi connectivity index (χ2n) is 0.570. The molecule has 0 aromatic carbocycles. The van der Waals surface area contributed by atoms with Crippen LogP contribution in [0.5, 0.6) is 0 Å². The van der Waals surface area contributed by atoms with Crippen LogP contribution in [-0.2, 0) is 0 Å². The minimum Gasteiger partial charge on any atom is -0.165 e. The fourth-order valence-corrected chi connectivity index (χ4v) is 0. The smallest absolute Gasteiger partial charge is 0.165 e. The van der Waals surface area contributed by atoms with Gasteiger partial charge in [0.15, 0.2) is 0 Å². The van der Waals surface area contributed by atoms with Crippen LogP contribution in [0.3, 0.4) is 0 Å². The predicted molar refractivity (Wildman–Crippen MR) is 27.7 cm³/mol. The van der Waals surface area contributed by atoms with E-state index in [2.05, 4.69) is 6.58 Å². The zero-order valence-electron chi connectivity index (χ0n) is 2.62. The van der Waals surface area contributed by atoms with Crippen LogP contribution < -0.4 is 0 Å². The molecule has 0 amide bonds. The van der Waals surface area contributed by atoms with E-state index < -0.39 is 5.54 Å². The summed E-state index contributed by atoms with van der Waals surface area (Å²) in [6.45, 7) is 3.30. The van der Waals surface area contributed by atoms with Gasteiger partial charge in [-0.25, -0.2) is 0 Å². The van der Waals surface area contributed by atoms with Gasteiger partial charge in [-0.1, -0.05) is 5.98 Å². The summed E-state index contributed by atoms with van der Waals surface area (Å²) in [5, 5.41) is 0. The highest BCUT2D eigenvalue weighted by Crippen LogP contribution is 1.92. The van der Waals surface area contributed by atoms with E-state index in [0.717, 1.165) is 0 Å². The van der Waals surface area contributed by atoms with E-state index in [1.54, 1.807) is 0 Å². The number of hydrogen-bond acceptors (Lipinski definition) is 0. The van der Waals surface area contributed by atoms with E-state index in [0.29, 0.717) is 0 Å². The van der Waals surface area contributed by atoms with Crippen LogP contribution in [0.15, 0.2) is 12.6 Å². The van der Waals surface area contributed by atoms with Crippen LogP contribution in [-0.4, -0.2) is 5.54 Å². The van der Waals surface area contributed by atoms with Crippen molar-refractivity contribution in [3.63, 3.8) is 0 Å². The van der Waals surface area contributed by atoms with Crippen LogP contribution in [0.1, 0.15) is 0 Å². The molecule has 0 aliphatic heterocycles. The van der Waals surface area contributed by atoms with Gasteiger partial charge < -0.3 is 0 Å². The fraction of sp³-hybridized carbons (Fsp3) is 0. The topological polar surface area (TPSA) is 0 Å². The lowest BCUT2D eigenvalue weighted by Gasteiger charge is -1.70. The van der Waals surface area contributed by atoms with Crippen LogP contribution >= 0.6 is 22.9 Å². The molecule has 0 nitrogen and oxygen atoms in total. The maximum atomic E-state index is 5.11. The average Bonchev–Trinajstić information content (AvgIpc) is 1.38. The molecule has 0 fully saturated rings. The predicted octanol–water partition coefficient (Wildman–Crippen LogP) is 1.68. The number of rotatable bonds is 1. The first-order chi connectivity index (χ1) is 2.27. The van der Waals surface area contributed by atoms with E-state index >= 15 is 0 Å². The first-order valence-electron chi connectivity index (χ1n) is 1.18. The molecule has 0 heterocycles. The van der Waals surface area contributed by atoms with Crippen LogP contribution in [0.25, 0.3) is 0 Å². The minimum atomic E-state index is -0.407. The Labute approximate surface area is 41.7 Å². The lowest BCUT2D eigenvalue weighted by atomic mass is 10.1. The van der Waals surface area contributed by atoms with Gasteiger partial charge in [-0.15, -0.1) is 6.58 Å². The van der Waals surface area contributed by atoms with Crippen molar-refractivity contribution in [3.8, 4) is 0 Å². The van der Waals surface area contributed by atoms with Crippen LogP contribution in [0.2, 0.25) is 0 Å². The molecular formula is C2H3BCl2. The van der Waals surface area contributed by atoms with Gasteiger partial charge >= 0.3 is 5.54 Å². The Hall–Kier alpha value is 0.385. The first kappa shape index (κ1) is 5.38. The van der Waals surface area contributed by atoms with Crippen molar-refractivity contribution in [1.82, 2.24) is 0 Å². The van der Waals surface area contributed by atoms with E-state index in [9.17, 15) is 0 Å². The number of halogens is 2. The van der Waals surface area contributed by atoms with Gasteiger partial charge in [-0.2, -0.15) is 22.9 Å². The summed E-state index contributed by atoms with van der Waals surface area (Å²) in [6, 6.07) is 0. The van der Waals surface area contributed by atoms with Crippen molar-refractivity contribution in [2.24, 2.45) is 0 Å². The molecule has 0 aliphatic rings. The van der Waals surface area contributed by atoms with Gasteiger partial charge in [0.2, 0.25) is 0 Å². The normalized spacial score (nSPS) is 6.80. The zero-order valence-corrected chi connectivity index (χ0v) is 4.13. The number of hydrogen-bond donors (Lipinski definition) is 0. The third kappa shape index (κ3) is 4.38. The van der Waals surface area contributed by atoms with Crippen LogP contribution in [0, 0.1) is 0 Å². The minimum absolute atomic E-state index is 0.407. The Morgan fingerprint density at radius 2 is 1.80 bits per heavy atom. The van der Waals surface area contributed by atoms with Gasteiger partial charge in [-0.3, -0.25) is 0 Å². The zero-order chi connectivity index (χ0) is 4.28. The van der Waals surface area contributed by atoms with Crippen molar-refractivity contribution in [3.05, 3.63) is 12.6 Å². The van der Waals surface area contributed by atoms with E-state index in [1.807, 2.05) is 0 Å². The average molecular weight is 109 g/mol. The molecule has 0 spiro atoms. The maximum absolute atomic E-state index is 5.11. The molecule has 3 heteroatoms. The van der Waals surface area contributed by atoms with E-state index in [-0.39, 0.29) is 0 Å². The summed E-state index contributed by atoms with van der Waals surface area (Å²) in [7, 11) is 0. The summed E-state index contributed by atoms with van der Waals surface area (Å²) >= 11 is 10.2. The highest BCUT2D eigenvalue weighted by atomic mass is 35.5. The fourth-order valence-electron chi connectivity index (χ4n) is 0. The summed E-state index contributed by atoms with van der Waals surface area (Å²) in [4.78, 5) is 0. The van der Waals surface area contributed by atoms with E-state index in [1.165, 1.54) is 5.98 Å². The lowest BCUT2D eigenvalue weighted by Crippen LogP contribution is -1.78. The largest absolute Gasteiger partial charge is 0.375 e. The molecule has 0 atom stereocenters. The molecule has 0 aliphatic carbocycles. The quantitative estimate of drug-likeness (QED) is 0.449. The second-order valence-corrected chi connectivity index (χ2v) is 1.73. The molecule has 0 saturated carbocycles. The van der Waals surface area contributed by atoms with Crippen molar-refractivity contribution in [2.45, 2.75) is 0 Å². The van der Waals surface area contributed by atoms with Crippen molar-refractivity contribution >= 4 is 28.5 Å². The molecule has 0 saturated heterocycles. The van der Waals surface area contributed by atoms with Gasteiger partial charge in [0.1, 0.15) is 0 Å². The van der Waals surface area contributed by atoms with E-state index in [4.69, 9.17) is 22.9 Å². The molecule has 0 bridgehead atoms. The lowest BCUT2D eigenvalue weighted by molar-refractivity contribution is 2.58. The van der Waals surface area contributed by atoms with Gasteiger partial charge in [0.05, 0.1) is 0 Å². The molecule has 28 valence electrons. The first-order valence-corrected chi connectivity index (χ1v) is 2.05. The second kappa shape index (κ2) is 2.61. The standard InChI is InChI=1S/C2H3BCl2/c1-2-3(4)5/h2H,1H2. The highest BCUT2D eigenvalue weighted by Gasteiger charge is 1.91. The van der Waals surface area contributed by atoms with Crippen molar-refractivity contribution in [1.29, 1.82) is 0 Å². The summed E-state index contributed by atoms with van der Waals surface area (Å²) in [5.74, 6) is 1.45. The molecule has 0 unspecified atom stereocenters. The maximum Gasteiger partial charge on any atom is 0.375 e. The Kier molecular flexibility index (Phi) is 2.81. The monoisotopic (exact) mass is 108 g/mol. The molecule has 0 rings (SSSR count). The molecule has 0 aromatic rings. The molecule has 0 aromatic heterocycles. The Balaban J connectivity index is 2.83. The molecular weight excluding hydrogens is 106 g/mol. The Morgan fingerprint density at radius 3 is 1.80 bits per heavy atom. The molecule has 0 radical (unpaired) electrons. The van der Waals surface area contributed by atoms with Gasteiger partial charge in [0.25, 0.3) is 0 Å². The van der Waals surface area contributed by atoms with Crippen molar-refractivity contribution < 1.29 is 0 Å². The summed E-state index contributed by atoms with van der Waals surface area (Å²) < 4.78 is 0. The third-order valence-corrected chi connectivity index (χ3v) is 0.535. The highest BCUT2D eigenvalue weighted by molar-refractivity contribution is 7.36. The SMILES string of the molecule is C=CB(Cl)Cl. The summed E-state index contributed by atoms with van der Waals surface area (Å²) in [5.41, 5.74) is -0.407. The third-order valence-electron chi connectivity index (χ3n) is 0.178. The van der Waals surface area contributed by atoms with Crippen LogP contribution in [0.4, 0.5) is 0 Å². The Morgan fingerprint density at radius 1 is 1.60 bits per heavy atom. The van der Waals surface area contributed by atoms with Crippen molar-refractivity contribution in [2.75, 3.05) is 0 Å². The Bertz CT molecular complexity index is 34.6. The molecule has 0 N–H and O–H groups in total. The van der Waals surface area contributed by atoms with Gasteiger partial charge in [0, 0.05) is 0 Å². The summed E-state index contributed by atoms with van der Waals surface area (Å²) in [6.07, 6.45) is 0. The van der Waals surface area contributed by atoms with Gasteiger partial charge in [-0.05, 0) is 0 Å². The molecule has 5 heavy (non-hydrogen) atoms.